The van der Waals surface area contributed by atoms with Gasteiger partial charge in [0.05, 0.1) is 10.5 Å². The van der Waals surface area contributed by atoms with E-state index in [2.05, 4.69) is 21.2 Å². The maximum absolute atomic E-state index is 13.0. The Kier molecular flexibility index (Phi) is 4.64. The zero-order chi connectivity index (χ0) is 15.4. The number of hydrogen-bond donors (Lipinski definition) is 1. The van der Waals surface area contributed by atoms with Crippen LogP contribution in [0.3, 0.4) is 0 Å². The number of hydrogen-bond acceptors (Lipinski definition) is 3. The number of carbonyl (C=O) groups is 1. The fraction of sp³-hybridized carbons (Fsp3) is 0.0714. The number of halogens is 2. The van der Waals surface area contributed by atoms with Crippen molar-refractivity contribution in [2.24, 2.45) is 0 Å². The van der Waals surface area contributed by atoms with E-state index in [1.165, 1.54) is 24.3 Å². The first kappa shape index (κ1) is 15.1. The molecule has 0 bridgehead atoms. The van der Waals surface area contributed by atoms with E-state index >= 15 is 0 Å². The molecule has 1 amide bonds. The molecule has 21 heavy (non-hydrogen) atoms. The van der Waals surface area contributed by atoms with Crippen LogP contribution in [0.1, 0.15) is 15.9 Å². The molecule has 0 aliphatic heterocycles. The molecule has 0 saturated carbocycles. The summed E-state index contributed by atoms with van der Waals surface area (Å²) < 4.78 is 13.3. The van der Waals surface area contributed by atoms with E-state index in [-0.39, 0.29) is 17.8 Å². The molecule has 0 spiro atoms. The van der Waals surface area contributed by atoms with Gasteiger partial charge in [0.2, 0.25) is 0 Å². The number of carbonyl (C=O) groups excluding carboxylic acids is 1. The second-order valence-electron chi connectivity index (χ2n) is 4.19. The summed E-state index contributed by atoms with van der Waals surface area (Å²) in [6, 6.07) is 9.84. The second-order valence-corrected chi connectivity index (χ2v) is 5.05. The monoisotopic (exact) mass is 352 g/mol. The van der Waals surface area contributed by atoms with Crippen molar-refractivity contribution in [2.75, 3.05) is 0 Å². The van der Waals surface area contributed by atoms with E-state index in [1.807, 2.05) is 0 Å². The highest BCUT2D eigenvalue weighted by Crippen LogP contribution is 2.20. The van der Waals surface area contributed by atoms with Crippen LogP contribution in [-0.2, 0) is 6.54 Å². The molecule has 0 radical (unpaired) electrons. The molecule has 2 aromatic rings. The van der Waals surface area contributed by atoms with Crippen LogP contribution in [0.5, 0.6) is 0 Å². The van der Waals surface area contributed by atoms with Crippen LogP contribution in [-0.4, -0.2) is 10.8 Å². The summed E-state index contributed by atoms with van der Waals surface area (Å²) in [5.41, 5.74) is 0.597. The van der Waals surface area contributed by atoms with E-state index in [9.17, 15) is 19.3 Å². The van der Waals surface area contributed by atoms with Crippen LogP contribution >= 0.6 is 15.9 Å². The topological polar surface area (TPSA) is 72.2 Å². The van der Waals surface area contributed by atoms with Gasteiger partial charge in [-0.15, -0.1) is 0 Å². The molecule has 0 unspecified atom stereocenters. The lowest BCUT2D eigenvalue weighted by atomic mass is 10.1. The predicted molar refractivity (Wildman–Crippen MR) is 78.4 cm³/mol. The molecule has 7 heteroatoms. The summed E-state index contributed by atoms with van der Waals surface area (Å²) in [7, 11) is 0. The Bertz CT molecular complexity index is 706. The van der Waals surface area contributed by atoms with E-state index in [1.54, 1.807) is 18.2 Å². The van der Waals surface area contributed by atoms with Crippen molar-refractivity contribution < 1.29 is 14.1 Å². The molecule has 2 aromatic carbocycles. The molecular formula is C14H10BrFN2O3. The highest BCUT2D eigenvalue weighted by atomic mass is 79.9. The molecule has 1 N–H and O–H groups in total. The quantitative estimate of drug-likeness (QED) is 0.676. The van der Waals surface area contributed by atoms with Crippen LogP contribution in [0, 0.1) is 15.9 Å². The fourth-order valence-corrected chi connectivity index (χ4v) is 2.31. The fourth-order valence-electron chi connectivity index (χ4n) is 1.78. The number of rotatable bonds is 4. The average Bonchev–Trinajstić information content (AvgIpc) is 2.45. The lowest BCUT2D eigenvalue weighted by Crippen LogP contribution is -2.23. The molecule has 2 rings (SSSR count). The highest BCUT2D eigenvalue weighted by Gasteiger charge is 2.15. The van der Waals surface area contributed by atoms with Crippen LogP contribution in [0.15, 0.2) is 46.9 Å². The first-order valence-corrected chi connectivity index (χ1v) is 6.74. The van der Waals surface area contributed by atoms with Crippen molar-refractivity contribution in [1.82, 2.24) is 5.32 Å². The molecule has 0 aromatic heterocycles. The number of nitro groups is 1. The maximum atomic E-state index is 13.0. The standard InChI is InChI=1S/C14H10BrFN2O3/c15-12-7-10(16)5-6-11(12)14(19)17-8-9-3-1-2-4-13(9)18(20)21/h1-7H,8H2,(H,17,19). The summed E-state index contributed by atoms with van der Waals surface area (Å²) in [6.45, 7) is 0.0137. The summed E-state index contributed by atoms with van der Waals surface area (Å²) in [5.74, 6) is -0.905. The van der Waals surface area contributed by atoms with Crippen molar-refractivity contribution in [3.05, 3.63) is 74.0 Å². The smallest absolute Gasteiger partial charge is 0.274 e. The summed E-state index contributed by atoms with van der Waals surface area (Å²) in [6.07, 6.45) is 0. The minimum absolute atomic E-state index is 0.0137. The summed E-state index contributed by atoms with van der Waals surface area (Å²) in [4.78, 5) is 22.4. The van der Waals surface area contributed by atoms with Gasteiger partial charge >= 0.3 is 0 Å². The summed E-state index contributed by atoms with van der Waals surface area (Å²) >= 11 is 3.10. The van der Waals surface area contributed by atoms with Crippen LogP contribution < -0.4 is 5.32 Å². The first-order valence-electron chi connectivity index (χ1n) is 5.94. The number of benzene rings is 2. The molecular weight excluding hydrogens is 343 g/mol. The second kappa shape index (κ2) is 6.45. The molecule has 0 fully saturated rings. The van der Waals surface area contributed by atoms with Crippen molar-refractivity contribution in [3.8, 4) is 0 Å². The summed E-state index contributed by atoms with van der Waals surface area (Å²) in [5, 5.41) is 13.4. The number of nitrogens with zero attached hydrogens (tertiary/aromatic N) is 1. The Balaban J connectivity index is 2.13. The molecule has 5 nitrogen and oxygen atoms in total. The van der Waals surface area contributed by atoms with Gasteiger partial charge in [0.15, 0.2) is 0 Å². The van der Waals surface area contributed by atoms with Gasteiger partial charge in [-0.2, -0.15) is 0 Å². The van der Waals surface area contributed by atoms with Gasteiger partial charge in [0.1, 0.15) is 5.82 Å². The van der Waals surface area contributed by atoms with Crippen molar-refractivity contribution in [3.63, 3.8) is 0 Å². The molecule has 108 valence electrons. The third kappa shape index (κ3) is 3.63. The molecule has 0 aliphatic rings. The zero-order valence-corrected chi connectivity index (χ0v) is 12.3. The minimum Gasteiger partial charge on any atom is -0.348 e. The van der Waals surface area contributed by atoms with E-state index in [0.717, 1.165) is 0 Å². The first-order chi connectivity index (χ1) is 9.99. The largest absolute Gasteiger partial charge is 0.348 e. The van der Waals surface area contributed by atoms with Crippen LogP contribution in [0.25, 0.3) is 0 Å². The average molecular weight is 353 g/mol. The lowest BCUT2D eigenvalue weighted by Gasteiger charge is -2.07. The SMILES string of the molecule is O=C(NCc1ccccc1[N+](=O)[O-])c1ccc(F)cc1Br. The van der Waals surface area contributed by atoms with E-state index < -0.39 is 16.6 Å². The minimum atomic E-state index is -0.505. The zero-order valence-electron chi connectivity index (χ0n) is 10.7. The molecule has 0 saturated heterocycles. The van der Waals surface area contributed by atoms with Gasteiger partial charge in [-0.3, -0.25) is 14.9 Å². The van der Waals surface area contributed by atoms with Gasteiger partial charge in [-0.05, 0) is 34.1 Å². The Hall–Kier alpha value is -2.28. The van der Waals surface area contributed by atoms with Crippen LogP contribution in [0.4, 0.5) is 10.1 Å². The number of nitro benzene ring substituents is 1. The van der Waals surface area contributed by atoms with Gasteiger partial charge < -0.3 is 5.32 Å². The normalized spacial score (nSPS) is 10.2. The molecule has 0 atom stereocenters. The van der Waals surface area contributed by atoms with Gasteiger partial charge in [-0.25, -0.2) is 4.39 Å². The van der Waals surface area contributed by atoms with Gasteiger partial charge in [-0.1, -0.05) is 18.2 Å². The predicted octanol–water partition coefficient (Wildman–Crippen LogP) is 3.43. The Morgan fingerprint density at radius 2 is 2.00 bits per heavy atom. The number of para-hydroxylation sites is 1. The molecule has 0 aliphatic carbocycles. The lowest BCUT2D eigenvalue weighted by molar-refractivity contribution is -0.385. The van der Waals surface area contributed by atoms with Crippen molar-refractivity contribution in [2.45, 2.75) is 6.54 Å². The van der Waals surface area contributed by atoms with Gasteiger partial charge in [0.25, 0.3) is 11.6 Å². The Labute approximate surface area is 128 Å². The van der Waals surface area contributed by atoms with Crippen molar-refractivity contribution >= 4 is 27.5 Å². The third-order valence-corrected chi connectivity index (χ3v) is 3.46. The maximum Gasteiger partial charge on any atom is 0.274 e. The Morgan fingerprint density at radius 1 is 1.29 bits per heavy atom. The van der Waals surface area contributed by atoms with E-state index in [0.29, 0.717) is 10.0 Å². The third-order valence-electron chi connectivity index (χ3n) is 2.80. The molecule has 0 heterocycles. The number of amides is 1. The number of nitrogens with one attached hydrogen (secondary N) is 1. The van der Waals surface area contributed by atoms with Crippen molar-refractivity contribution in [1.29, 1.82) is 0 Å². The van der Waals surface area contributed by atoms with E-state index in [4.69, 9.17) is 0 Å². The Morgan fingerprint density at radius 3 is 2.67 bits per heavy atom. The van der Waals surface area contributed by atoms with Crippen LogP contribution in [0.2, 0.25) is 0 Å². The van der Waals surface area contributed by atoms with Gasteiger partial charge in [0, 0.05) is 22.6 Å². The highest BCUT2D eigenvalue weighted by molar-refractivity contribution is 9.10.